The highest BCUT2D eigenvalue weighted by atomic mass is 16.6. The molecule has 5 nitrogen and oxygen atoms in total. The number of hydrogen-bond donors (Lipinski definition) is 0. The third-order valence-corrected chi connectivity index (χ3v) is 3.23. The molecule has 0 aromatic carbocycles. The Labute approximate surface area is 119 Å². The number of nitrogens with zero attached hydrogens (tertiary/aromatic N) is 1. The van der Waals surface area contributed by atoms with E-state index in [1.165, 1.54) is 0 Å². The van der Waals surface area contributed by atoms with E-state index in [2.05, 4.69) is 0 Å². The molecule has 2 rings (SSSR count). The predicted molar refractivity (Wildman–Crippen MR) is 74.3 cm³/mol. The van der Waals surface area contributed by atoms with Crippen LogP contribution in [0.5, 0.6) is 0 Å². The normalized spacial score (nSPS) is 23.1. The van der Waals surface area contributed by atoms with Gasteiger partial charge in [0.25, 0.3) is 0 Å². The maximum atomic E-state index is 12.0. The predicted octanol–water partition coefficient (Wildman–Crippen LogP) is 3.20. The van der Waals surface area contributed by atoms with Gasteiger partial charge >= 0.3 is 6.09 Å². The van der Waals surface area contributed by atoms with Gasteiger partial charge in [0.05, 0.1) is 18.4 Å². The molecule has 0 aliphatic carbocycles. The molecule has 0 saturated carbocycles. The Balaban J connectivity index is 1.85. The number of rotatable bonds is 3. The average Bonchev–Trinajstić information content (AvgIpc) is 2.94. The van der Waals surface area contributed by atoms with Crippen molar-refractivity contribution in [1.82, 2.24) is 4.90 Å². The van der Waals surface area contributed by atoms with Crippen molar-refractivity contribution < 1.29 is 18.7 Å². The van der Waals surface area contributed by atoms with Crippen LogP contribution in [-0.4, -0.2) is 35.3 Å². The third kappa shape index (κ3) is 4.00. The number of carbonyl (C=O) groups excluding carboxylic acids is 1. The molecule has 1 aromatic heterocycles. The monoisotopic (exact) mass is 281 g/mol. The van der Waals surface area contributed by atoms with Crippen LogP contribution >= 0.6 is 0 Å². The second-order valence-electron chi connectivity index (χ2n) is 6.47. The van der Waals surface area contributed by atoms with E-state index in [0.29, 0.717) is 19.7 Å². The van der Waals surface area contributed by atoms with Crippen LogP contribution in [0.2, 0.25) is 0 Å². The summed E-state index contributed by atoms with van der Waals surface area (Å²) in [6.45, 7) is 9.24. The Hall–Kier alpha value is -1.49. The van der Waals surface area contributed by atoms with Crippen LogP contribution in [0.4, 0.5) is 4.79 Å². The highest BCUT2D eigenvalue weighted by Gasteiger charge is 2.38. The number of likely N-dealkylation sites (tertiary alicyclic amines) is 1. The van der Waals surface area contributed by atoms with Gasteiger partial charge in [-0.2, -0.15) is 0 Å². The molecule has 1 aliphatic heterocycles. The lowest BCUT2D eigenvalue weighted by Crippen LogP contribution is -2.39. The van der Waals surface area contributed by atoms with Crippen molar-refractivity contribution in [3.63, 3.8) is 0 Å². The van der Waals surface area contributed by atoms with Gasteiger partial charge in [-0.1, -0.05) is 0 Å². The van der Waals surface area contributed by atoms with Crippen molar-refractivity contribution >= 4 is 6.09 Å². The van der Waals surface area contributed by atoms with Crippen molar-refractivity contribution in [2.45, 2.75) is 51.9 Å². The van der Waals surface area contributed by atoms with Gasteiger partial charge in [-0.15, -0.1) is 0 Å². The van der Waals surface area contributed by atoms with E-state index in [1.54, 1.807) is 11.2 Å². The van der Waals surface area contributed by atoms with E-state index in [0.717, 1.165) is 12.2 Å². The van der Waals surface area contributed by atoms with Gasteiger partial charge in [0.15, 0.2) is 0 Å². The highest BCUT2D eigenvalue weighted by Crippen LogP contribution is 2.27. The average molecular weight is 281 g/mol. The van der Waals surface area contributed by atoms with Crippen LogP contribution in [0, 0.1) is 0 Å². The van der Waals surface area contributed by atoms with Crippen molar-refractivity contribution in [3.8, 4) is 0 Å². The minimum atomic E-state index is -0.467. The number of hydrogen-bond acceptors (Lipinski definition) is 4. The second-order valence-corrected chi connectivity index (χ2v) is 6.47. The molecular formula is C15H23NO4. The van der Waals surface area contributed by atoms with Crippen molar-refractivity contribution in [2.75, 3.05) is 13.1 Å². The molecule has 1 saturated heterocycles. The van der Waals surface area contributed by atoms with E-state index in [9.17, 15) is 4.79 Å². The fourth-order valence-electron chi connectivity index (χ4n) is 2.17. The standard InChI is InChI=1S/C15H23NO4/c1-14(2,3)20-13(17)16-8-7-15(4,11-16)19-10-12-6-5-9-18-12/h5-6,9H,7-8,10-11H2,1-4H3. The molecule has 0 N–H and O–H groups in total. The molecule has 112 valence electrons. The van der Waals surface area contributed by atoms with Gasteiger partial charge in [0.2, 0.25) is 0 Å². The molecule has 1 atom stereocenters. The first-order valence-corrected chi connectivity index (χ1v) is 6.92. The van der Waals surface area contributed by atoms with Crippen LogP contribution in [0.3, 0.4) is 0 Å². The SMILES string of the molecule is CC(C)(C)OC(=O)N1CCC(C)(OCc2ccco2)C1. The summed E-state index contributed by atoms with van der Waals surface area (Å²) >= 11 is 0. The van der Waals surface area contributed by atoms with Gasteiger partial charge in [-0.25, -0.2) is 4.79 Å². The summed E-state index contributed by atoms with van der Waals surface area (Å²) in [5.41, 5.74) is -0.811. The lowest BCUT2D eigenvalue weighted by Gasteiger charge is -2.27. The number of carbonyl (C=O) groups is 1. The molecule has 0 bridgehead atoms. The molecule has 1 fully saturated rings. The summed E-state index contributed by atoms with van der Waals surface area (Å²) in [7, 11) is 0. The van der Waals surface area contributed by atoms with Gasteiger partial charge in [-0.3, -0.25) is 0 Å². The van der Waals surface area contributed by atoms with Crippen LogP contribution < -0.4 is 0 Å². The summed E-state index contributed by atoms with van der Waals surface area (Å²) in [4.78, 5) is 13.7. The molecule has 20 heavy (non-hydrogen) atoms. The Bertz CT molecular complexity index is 449. The van der Waals surface area contributed by atoms with Crippen molar-refractivity contribution in [1.29, 1.82) is 0 Å². The fraction of sp³-hybridized carbons (Fsp3) is 0.667. The fourth-order valence-corrected chi connectivity index (χ4v) is 2.17. The highest BCUT2D eigenvalue weighted by molar-refractivity contribution is 5.68. The van der Waals surface area contributed by atoms with Gasteiger partial charge in [0.1, 0.15) is 18.0 Å². The van der Waals surface area contributed by atoms with E-state index in [-0.39, 0.29) is 11.7 Å². The maximum Gasteiger partial charge on any atom is 0.410 e. The van der Waals surface area contributed by atoms with E-state index in [1.807, 2.05) is 39.8 Å². The van der Waals surface area contributed by atoms with Crippen LogP contribution in [0.25, 0.3) is 0 Å². The zero-order chi connectivity index (χ0) is 14.8. The second kappa shape index (κ2) is 5.48. The summed E-state index contributed by atoms with van der Waals surface area (Å²) in [5.74, 6) is 0.793. The van der Waals surface area contributed by atoms with Crippen LogP contribution in [-0.2, 0) is 16.1 Å². The zero-order valence-electron chi connectivity index (χ0n) is 12.6. The molecule has 2 heterocycles. The summed E-state index contributed by atoms with van der Waals surface area (Å²) in [5, 5.41) is 0. The minimum Gasteiger partial charge on any atom is -0.467 e. The van der Waals surface area contributed by atoms with Gasteiger partial charge < -0.3 is 18.8 Å². The zero-order valence-corrected chi connectivity index (χ0v) is 12.6. The topological polar surface area (TPSA) is 51.9 Å². The summed E-state index contributed by atoms with van der Waals surface area (Å²) in [6, 6.07) is 3.71. The first-order chi connectivity index (χ1) is 9.27. The molecule has 1 unspecified atom stereocenters. The number of ether oxygens (including phenoxy) is 2. The Morgan fingerprint density at radius 1 is 1.50 bits per heavy atom. The molecule has 0 radical (unpaired) electrons. The first-order valence-electron chi connectivity index (χ1n) is 6.92. The lowest BCUT2D eigenvalue weighted by atomic mass is 10.1. The number of amides is 1. The van der Waals surface area contributed by atoms with Gasteiger partial charge in [-0.05, 0) is 46.2 Å². The first kappa shape index (κ1) is 14.9. The molecular weight excluding hydrogens is 258 g/mol. The van der Waals surface area contributed by atoms with Crippen molar-refractivity contribution in [2.24, 2.45) is 0 Å². The lowest BCUT2D eigenvalue weighted by molar-refractivity contribution is -0.0433. The Morgan fingerprint density at radius 2 is 2.25 bits per heavy atom. The maximum absolute atomic E-state index is 12.0. The van der Waals surface area contributed by atoms with Crippen LogP contribution in [0.15, 0.2) is 22.8 Å². The summed E-state index contributed by atoms with van der Waals surface area (Å²) in [6.07, 6.45) is 2.15. The van der Waals surface area contributed by atoms with Crippen molar-refractivity contribution in [3.05, 3.63) is 24.2 Å². The molecule has 1 aliphatic rings. The van der Waals surface area contributed by atoms with Crippen LogP contribution in [0.1, 0.15) is 39.9 Å². The van der Waals surface area contributed by atoms with Gasteiger partial charge in [0, 0.05) is 6.54 Å². The Morgan fingerprint density at radius 3 is 2.85 bits per heavy atom. The van der Waals surface area contributed by atoms with E-state index < -0.39 is 5.60 Å². The molecule has 5 heteroatoms. The quantitative estimate of drug-likeness (QED) is 0.853. The van der Waals surface area contributed by atoms with E-state index in [4.69, 9.17) is 13.9 Å². The van der Waals surface area contributed by atoms with E-state index >= 15 is 0 Å². The summed E-state index contributed by atoms with van der Waals surface area (Å²) < 4.78 is 16.5. The Kier molecular flexibility index (Phi) is 4.09. The third-order valence-electron chi connectivity index (χ3n) is 3.23. The molecule has 1 amide bonds. The largest absolute Gasteiger partial charge is 0.467 e. The smallest absolute Gasteiger partial charge is 0.410 e. The number of furan rings is 1. The molecule has 1 aromatic rings. The minimum absolute atomic E-state index is 0.275. The molecule has 0 spiro atoms.